The number of hydrogen-bond donors (Lipinski definition) is 0. The largest absolute Gasteiger partial charge is 0.454 e. The summed E-state index contributed by atoms with van der Waals surface area (Å²) in [5, 5.41) is 12.3. The van der Waals surface area contributed by atoms with Crippen molar-refractivity contribution in [2.24, 2.45) is 10.2 Å². The first-order chi connectivity index (χ1) is 16.3. The Bertz CT molecular complexity index is 1350. The van der Waals surface area contributed by atoms with Crippen molar-refractivity contribution in [1.29, 1.82) is 0 Å². The van der Waals surface area contributed by atoms with E-state index >= 15 is 0 Å². The van der Waals surface area contributed by atoms with E-state index in [2.05, 4.69) is 46.6 Å². The van der Waals surface area contributed by atoms with Crippen molar-refractivity contribution in [3.63, 3.8) is 0 Å². The summed E-state index contributed by atoms with van der Waals surface area (Å²) in [7, 11) is 0. The second kappa shape index (κ2) is 7.88. The van der Waals surface area contributed by atoms with Crippen molar-refractivity contribution in [1.82, 2.24) is 0 Å². The molecule has 0 atom stereocenters. The summed E-state index contributed by atoms with van der Waals surface area (Å²) < 4.78 is 11.0. The quantitative estimate of drug-likeness (QED) is 0.421. The highest BCUT2D eigenvalue weighted by Crippen LogP contribution is 2.49. The van der Waals surface area contributed by atoms with Gasteiger partial charge in [0.25, 0.3) is 0 Å². The van der Waals surface area contributed by atoms with Gasteiger partial charge in [-0.1, -0.05) is 91.0 Å². The monoisotopic (exact) mass is 450 g/mol. The average molecular weight is 450 g/mol. The average Bonchev–Trinajstić information content (AvgIpc) is 3.34. The highest BCUT2D eigenvalue weighted by molar-refractivity contribution is 7.96. The van der Waals surface area contributed by atoms with Crippen LogP contribution in [0.4, 0.5) is 5.69 Å². The molecule has 0 spiro atoms. The predicted molar refractivity (Wildman–Crippen MR) is 132 cm³/mol. The molecule has 0 aliphatic carbocycles. The van der Waals surface area contributed by atoms with Gasteiger partial charge in [0.15, 0.2) is 11.5 Å². The number of nitrogens with zero attached hydrogens (tertiary/aromatic N) is 2. The number of ketones is 1. The molecular weight excluding hydrogens is 431 g/mol. The number of hydrogen-bond acceptors (Lipinski definition) is 4. The molecular formula is C27H19N2O3P. The molecule has 0 saturated heterocycles. The molecule has 0 N–H and O–H groups in total. The molecule has 4 aromatic carbocycles. The zero-order chi connectivity index (χ0) is 22.3. The predicted octanol–water partition coefficient (Wildman–Crippen LogP) is 4.82. The lowest BCUT2D eigenvalue weighted by atomic mass is 10.1. The first-order valence-electron chi connectivity index (χ1n) is 10.6. The lowest BCUT2D eigenvalue weighted by molar-refractivity contribution is 0.106. The minimum atomic E-state index is -2.63. The molecule has 2 heterocycles. The molecule has 0 amide bonds. The Morgan fingerprint density at radius 1 is 0.636 bits per heavy atom. The van der Waals surface area contributed by atoms with Crippen LogP contribution in [0.3, 0.4) is 0 Å². The molecule has 0 radical (unpaired) electrons. The summed E-state index contributed by atoms with van der Waals surface area (Å²) in [6, 6.07) is 33.9. The van der Waals surface area contributed by atoms with Gasteiger partial charge in [-0.05, 0) is 22.0 Å². The van der Waals surface area contributed by atoms with Crippen LogP contribution in [0.5, 0.6) is 11.5 Å². The van der Waals surface area contributed by atoms with E-state index in [0.717, 1.165) is 15.9 Å². The number of Topliss-reactive ketones (excluding diaryl/α,β-unsaturated/α-hetero) is 1. The zero-order valence-corrected chi connectivity index (χ0v) is 18.5. The van der Waals surface area contributed by atoms with Gasteiger partial charge in [-0.3, -0.25) is 4.79 Å². The van der Waals surface area contributed by atoms with Crippen molar-refractivity contribution in [3.05, 3.63) is 109 Å². The van der Waals surface area contributed by atoms with Crippen LogP contribution in [0.25, 0.3) is 0 Å². The number of ether oxygens (including phenoxy) is 2. The molecule has 5 nitrogen and oxygen atoms in total. The minimum Gasteiger partial charge on any atom is -0.454 e. The Morgan fingerprint density at radius 2 is 1.12 bits per heavy atom. The molecule has 2 aliphatic heterocycles. The third-order valence-electron chi connectivity index (χ3n) is 5.94. The smallest absolute Gasteiger partial charge is 0.231 e. The van der Waals surface area contributed by atoms with E-state index in [9.17, 15) is 4.79 Å². The van der Waals surface area contributed by atoms with Crippen LogP contribution in [0.2, 0.25) is 0 Å². The van der Waals surface area contributed by atoms with E-state index in [4.69, 9.17) is 9.47 Å². The molecule has 0 fully saturated rings. The molecule has 160 valence electrons. The van der Waals surface area contributed by atoms with Gasteiger partial charge >= 0.3 is 0 Å². The number of rotatable bonds is 3. The van der Waals surface area contributed by atoms with Crippen molar-refractivity contribution < 1.29 is 14.3 Å². The first-order valence-corrected chi connectivity index (χ1v) is 12.4. The number of carbonyl (C=O) groups is 1. The Balaban J connectivity index is 1.75. The Kier molecular flexibility index (Phi) is 4.70. The van der Waals surface area contributed by atoms with Crippen LogP contribution in [-0.2, 0) is 0 Å². The summed E-state index contributed by atoms with van der Waals surface area (Å²) in [6.45, 7) is -2.49. The maximum Gasteiger partial charge on any atom is 0.231 e. The van der Waals surface area contributed by atoms with Crippen molar-refractivity contribution >= 4 is 39.7 Å². The summed E-state index contributed by atoms with van der Waals surface area (Å²) in [6.07, 6.45) is 0. The van der Waals surface area contributed by atoms with Crippen LogP contribution in [-0.4, -0.2) is 18.0 Å². The molecule has 6 heteroatoms. The standard InChI is InChI=1S/C27H19N2O3P/c30-26-22-16-24-25(32-18-31-24)17-23(22)28-29-27(26)33(19-10-4-1-5-11-19,20-12-6-2-7-13-20)21-14-8-3-9-15-21/h1-17H,18H2. The van der Waals surface area contributed by atoms with E-state index in [1.165, 1.54) is 0 Å². The van der Waals surface area contributed by atoms with Gasteiger partial charge in [0.2, 0.25) is 12.6 Å². The number of fused-ring (bicyclic) bond motifs is 2. The van der Waals surface area contributed by atoms with Crippen LogP contribution in [0.15, 0.2) is 113 Å². The van der Waals surface area contributed by atoms with Crippen molar-refractivity contribution in [2.45, 2.75) is 0 Å². The molecule has 6 rings (SSSR count). The number of azo groups is 1. The van der Waals surface area contributed by atoms with Gasteiger partial charge in [-0.2, -0.15) is 0 Å². The normalized spacial score (nSPS) is 14.3. The van der Waals surface area contributed by atoms with Gasteiger partial charge in [-0.15, -0.1) is 10.2 Å². The van der Waals surface area contributed by atoms with Gasteiger partial charge in [0.05, 0.1) is 5.56 Å². The van der Waals surface area contributed by atoms with E-state index in [1.807, 2.05) is 54.6 Å². The van der Waals surface area contributed by atoms with Gasteiger partial charge in [0, 0.05) is 13.0 Å². The second-order valence-electron chi connectivity index (χ2n) is 7.75. The Morgan fingerprint density at radius 3 is 1.64 bits per heavy atom. The van der Waals surface area contributed by atoms with E-state index < -0.39 is 6.89 Å². The molecule has 33 heavy (non-hydrogen) atoms. The molecule has 0 unspecified atom stereocenters. The third kappa shape index (κ3) is 3.05. The van der Waals surface area contributed by atoms with Gasteiger partial charge < -0.3 is 9.47 Å². The maximum absolute atomic E-state index is 14.1. The molecule has 0 aromatic heterocycles. The van der Waals surface area contributed by atoms with Crippen LogP contribution < -0.4 is 25.4 Å². The molecule has 2 aliphatic rings. The van der Waals surface area contributed by atoms with E-state index in [1.54, 1.807) is 12.1 Å². The molecule has 4 aromatic rings. The minimum absolute atomic E-state index is 0.134. The Labute approximate surface area is 191 Å². The van der Waals surface area contributed by atoms with E-state index in [0.29, 0.717) is 28.2 Å². The topological polar surface area (TPSA) is 60.2 Å². The van der Waals surface area contributed by atoms with Crippen LogP contribution >= 0.6 is 6.89 Å². The summed E-state index contributed by atoms with van der Waals surface area (Å²) >= 11 is 0. The van der Waals surface area contributed by atoms with E-state index in [-0.39, 0.29) is 12.6 Å². The van der Waals surface area contributed by atoms with Gasteiger partial charge in [0.1, 0.15) is 11.1 Å². The highest BCUT2D eigenvalue weighted by Gasteiger charge is 2.37. The first kappa shape index (κ1) is 19.7. The molecule has 0 saturated carbocycles. The second-order valence-corrected chi connectivity index (χ2v) is 11.1. The van der Waals surface area contributed by atoms with Crippen molar-refractivity contribution in [2.75, 3.05) is 6.79 Å². The highest BCUT2D eigenvalue weighted by atomic mass is 31.2. The fourth-order valence-electron chi connectivity index (χ4n) is 4.45. The third-order valence-corrected chi connectivity index (χ3v) is 10.1. The van der Waals surface area contributed by atoms with Gasteiger partial charge in [-0.25, -0.2) is 0 Å². The lowest BCUT2D eigenvalue weighted by Gasteiger charge is -2.31. The zero-order valence-electron chi connectivity index (χ0n) is 17.6. The molecule has 0 bridgehead atoms. The van der Waals surface area contributed by atoms with Crippen molar-refractivity contribution in [3.8, 4) is 11.5 Å². The lowest BCUT2D eigenvalue weighted by Crippen LogP contribution is -2.33. The maximum atomic E-state index is 14.1. The summed E-state index contributed by atoms with van der Waals surface area (Å²) in [4.78, 5) is 14.1. The van der Waals surface area contributed by atoms with Crippen LogP contribution in [0.1, 0.15) is 10.4 Å². The summed E-state index contributed by atoms with van der Waals surface area (Å²) in [5.74, 6) is 1.00. The number of benzene rings is 4. The SMILES string of the molecule is O=C1C(=P(c2ccccc2)(c2ccccc2)c2ccccc2)N=Nc2cc3c(cc21)OCO3. The fraction of sp³-hybridized carbons (Fsp3) is 0.0370. The Hall–Kier alpha value is -3.95. The van der Waals surface area contributed by atoms with Crippen LogP contribution in [0, 0.1) is 0 Å². The number of carbonyl (C=O) groups excluding carboxylic acids is 1. The summed E-state index contributed by atoms with van der Waals surface area (Å²) in [5.41, 5.74) is 1.44. The fourth-order valence-corrected chi connectivity index (χ4v) is 8.54.